The predicted octanol–water partition coefficient (Wildman–Crippen LogP) is 0.881. The number of hydrogen-bond acceptors (Lipinski definition) is 4. The van der Waals surface area contributed by atoms with Crippen LogP contribution in [-0.4, -0.2) is 31.6 Å². The number of nitrogens with one attached hydrogen (secondary N) is 1. The summed E-state index contributed by atoms with van der Waals surface area (Å²) in [5.74, 6) is -0.895. The first-order valence-electron chi connectivity index (χ1n) is 5.66. The Labute approximate surface area is 106 Å². The maximum absolute atomic E-state index is 11.5. The smallest absolute Gasteiger partial charge is 0.335 e. The molecule has 0 radical (unpaired) electrons. The molecule has 98 valence electrons. The lowest BCUT2D eigenvalue weighted by Crippen LogP contribution is -2.29. The molecular formula is C13H17NO4. The van der Waals surface area contributed by atoms with E-state index in [2.05, 4.69) is 5.32 Å². The average Bonchev–Trinajstić information content (AvgIpc) is 2.42. The Bertz CT molecular complexity index is 391. The van der Waals surface area contributed by atoms with Gasteiger partial charge in [-0.05, 0) is 12.5 Å². The molecule has 0 aliphatic rings. The van der Waals surface area contributed by atoms with Gasteiger partial charge >= 0.3 is 5.97 Å². The molecule has 0 saturated heterocycles. The molecule has 1 atom stereocenters. The zero-order valence-electron chi connectivity index (χ0n) is 10.5. The molecule has 1 amide bonds. The number of carbonyl (C=O) groups is 2. The minimum Gasteiger partial charge on any atom is -0.454 e. The summed E-state index contributed by atoms with van der Waals surface area (Å²) >= 11 is 0. The maximum atomic E-state index is 11.5. The zero-order chi connectivity index (χ0) is 13.4. The van der Waals surface area contributed by atoms with Crippen LogP contribution < -0.4 is 5.32 Å². The molecule has 5 nitrogen and oxygen atoms in total. The molecule has 0 heterocycles. The summed E-state index contributed by atoms with van der Waals surface area (Å²) in [4.78, 5) is 22.3. The Morgan fingerprint density at radius 3 is 2.56 bits per heavy atom. The predicted molar refractivity (Wildman–Crippen MR) is 65.7 cm³/mol. The lowest BCUT2D eigenvalue weighted by atomic mass is 10.2. The largest absolute Gasteiger partial charge is 0.454 e. The Kier molecular flexibility index (Phi) is 5.87. The van der Waals surface area contributed by atoms with E-state index in [9.17, 15) is 9.59 Å². The summed E-state index contributed by atoms with van der Waals surface area (Å²) in [7, 11) is 1.48. The average molecular weight is 251 g/mol. The van der Waals surface area contributed by atoms with Crippen LogP contribution in [0, 0.1) is 0 Å². The molecule has 1 unspecified atom stereocenters. The highest BCUT2D eigenvalue weighted by Crippen LogP contribution is 2.04. The normalized spacial score (nSPS) is 11.7. The third kappa shape index (κ3) is 4.97. The summed E-state index contributed by atoms with van der Waals surface area (Å²) < 4.78 is 10.1. The summed E-state index contributed by atoms with van der Waals surface area (Å²) in [5, 5.41) is 2.36. The number of carbonyl (C=O) groups excluding carboxylic acids is 2. The second kappa shape index (κ2) is 7.45. The highest BCUT2D eigenvalue weighted by Gasteiger charge is 2.16. The van der Waals surface area contributed by atoms with Crippen LogP contribution in [0.4, 0.5) is 0 Å². The van der Waals surface area contributed by atoms with Crippen LogP contribution in [0.25, 0.3) is 0 Å². The van der Waals surface area contributed by atoms with Crippen LogP contribution in [0.1, 0.15) is 12.5 Å². The van der Waals surface area contributed by atoms with Crippen LogP contribution in [0.2, 0.25) is 0 Å². The van der Waals surface area contributed by atoms with Gasteiger partial charge in [0, 0.05) is 7.05 Å². The lowest BCUT2D eigenvalue weighted by Gasteiger charge is -2.12. The highest BCUT2D eigenvalue weighted by atomic mass is 16.6. The van der Waals surface area contributed by atoms with Crippen molar-refractivity contribution in [2.24, 2.45) is 0 Å². The maximum Gasteiger partial charge on any atom is 0.335 e. The molecule has 18 heavy (non-hydrogen) atoms. The van der Waals surface area contributed by atoms with Gasteiger partial charge in [-0.1, -0.05) is 30.3 Å². The van der Waals surface area contributed by atoms with Crippen molar-refractivity contribution in [2.75, 3.05) is 13.7 Å². The molecule has 1 aromatic carbocycles. The summed E-state index contributed by atoms with van der Waals surface area (Å²) in [6.07, 6.45) is -0.699. The van der Waals surface area contributed by atoms with Gasteiger partial charge in [0.25, 0.3) is 5.91 Å². The monoisotopic (exact) mass is 251 g/mol. The number of amides is 1. The molecule has 0 spiro atoms. The fourth-order valence-corrected chi connectivity index (χ4v) is 1.19. The van der Waals surface area contributed by atoms with Gasteiger partial charge in [0.15, 0.2) is 12.7 Å². The Balaban J connectivity index is 2.30. The first-order chi connectivity index (χ1) is 8.63. The number of ether oxygens (including phenoxy) is 2. The molecule has 1 aromatic rings. The number of benzene rings is 1. The second-order valence-electron chi connectivity index (χ2n) is 3.72. The molecule has 1 N–H and O–H groups in total. The summed E-state index contributed by atoms with van der Waals surface area (Å²) in [5.41, 5.74) is 0.975. The SMILES string of the molecule is CNC(=O)COC(=O)C(C)OCc1ccccc1. The van der Waals surface area contributed by atoms with E-state index in [1.54, 1.807) is 6.92 Å². The molecule has 0 fully saturated rings. The molecule has 0 aliphatic carbocycles. The second-order valence-corrected chi connectivity index (χ2v) is 3.72. The van der Waals surface area contributed by atoms with Gasteiger partial charge in [0.2, 0.25) is 0 Å². The first kappa shape index (κ1) is 14.2. The van der Waals surface area contributed by atoms with Gasteiger partial charge in [-0.25, -0.2) is 4.79 Å². The van der Waals surface area contributed by atoms with Crippen molar-refractivity contribution >= 4 is 11.9 Å². The minimum atomic E-state index is -0.699. The van der Waals surface area contributed by atoms with E-state index in [0.29, 0.717) is 6.61 Å². The van der Waals surface area contributed by atoms with Crippen LogP contribution in [0.15, 0.2) is 30.3 Å². The Morgan fingerprint density at radius 1 is 1.28 bits per heavy atom. The quantitative estimate of drug-likeness (QED) is 0.762. The van der Waals surface area contributed by atoms with Crippen molar-refractivity contribution in [1.29, 1.82) is 0 Å². The fourth-order valence-electron chi connectivity index (χ4n) is 1.19. The van der Waals surface area contributed by atoms with E-state index < -0.39 is 12.1 Å². The molecule has 0 aliphatic heterocycles. The van der Waals surface area contributed by atoms with E-state index in [4.69, 9.17) is 9.47 Å². The van der Waals surface area contributed by atoms with Crippen LogP contribution >= 0.6 is 0 Å². The Morgan fingerprint density at radius 2 is 1.94 bits per heavy atom. The van der Waals surface area contributed by atoms with Gasteiger partial charge in [-0.15, -0.1) is 0 Å². The van der Waals surface area contributed by atoms with E-state index in [1.807, 2.05) is 30.3 Å². The third-order valence-corrected chi connectivity index (χ3v) is 2.30. The number of likely N-dealkylation sites (N-methyl/N-ethyl adjacent to an activating group) is 1. The fraction of sp³-hybridized carbons (Fsp3) is 0.385. The van der Waals surface area contributed by atoms with Crippen molar-refractivity contribution in [3.05, 3.63) is 35.9 Å². The molecule has 1 rings (SSSR count). The van der Waals surface area contributed by atoms with Crippen LogP contribution in [-0.2, 0) is 25.7 Å². The molecular weight excluding hydrogens is 234 g/mol. The first-order valence-corrected chi connectivity index (χ1v) is 5.66. The topological polar surface area (TPSA) is 64.6 Å². The van der Waals surface area contributed by atoms with Gasteiger partial charge in [0.1, 0.15) is 0 Å². The van der Waals surface area contributed by atoms with E-state index in [0.717, 1.165) is 5.56 Å². The van der Waals surface area contributed by atoms with Crippen molar-refractivity contribution < 1.29 is 19.1 Å². The minimum absolute atomic E-state index is 0.283. The van der Waals surface area contributed by atoms with Crippen LogP contribution in [0.3, 0.4) is 0 Å². The van der Waals surface area contributed by atoms with Crippen molar-refractivity contribution in [3.63, 3.8) is 0 Å². The Hall–Kier alpha value is -1.88. The van der Waals surface area contributed by atoms with E-state index in [-0.39, 0.29) is 12.5 Å². The summed E-state index contributed by atoms with van der Waals surface area (Å²) in [6.45, 7) is 1.64. The van der Waals surface area contributed by atoms with Crippen molar-refractivity contribution in [3.8, 4) is 0 Å². The third-order valence-electron chi connectivity index (χ3n) is 2.30. The van der Waals surface area contributed by atoms with Crippen molar-refractivity contribution in [2.45, 2.75) is 19.6 Å². The number of esters is 1. The van der Waals surface area contributed by atoms with Gasteiger partial charge in [0.05, 0.1) is 6.61 Å². The number of hydrogen-bond donors (Lipinski definition) is 1. The van der Waals surface area contributed by atoms with Gasteiger partial charge in [-0.3, -0.25) is 4.79 Å². The molecule has 0 saturated carbocycles. The van der Waals surface area contributed by atoms with E-state index in [1.165, 1.54) is 7.05 Å². The van der Waals surface area contributed by atoms with Gasteiger partial charge in [-0.2, -0.15) is 0 Å². The summed E-state index contributed by atoms with van der Waals surface area (Å²) in [6, 6.07) is 9.51. The van der Waals surface area contributed by atoms with Gasteiger partial charge < -0.3 is 14.8 Å². The number of rotatable bonds is 6. The van der Waals surface area contributed by atoms with E-state index >= 15 is 0 Å². The zero-order valence-corrected chi connectivity index (χ0v) is 10.5. The molecule has 0 bridgehead atoms. The van der Waals surface area contributed by atoms with Crippen molar-refractivity contribution in [1.82, 2.24) is 5.32 Å². The lowest BCUT2D eigenvalue weighted by molar-refractivity contribution is -0.159. The molecule has 0 aromatic heterocycles. The highest BCUT2D eigenvalue weighted by molar-refractivity contribution is 5.81. The van der Waals surface area contributed by atoms with Crippen LogP contribution in [0.5, 0.6) is 0 Å². The molecule has 5 heteroatoms. The standard InChI is InChI=1S/C13H17NO4/c1-10(13(16)18-9-12(15)14-2)17-8-11-6-4-3-5-7-11/h3-7,10H,8-9H2,1-2H3,(H,14,15).